The highest BCUT2D eigenvalue weighted by Crippen LogP contribution is 2.24. The van der Waals surface area contributed by atoms with Crippen LogP contribution >= 0.6 is 11.8 Å². The molecule has 0 aliphatic rings. The number of amides is 1. The number of carbonyl (C=O) groups excluding carboxylic acids is 1. The fraction of sp³-hybridized carbons (Fsp3) is 0.208. The molecule has 0 fully saturated rings. The van der Waals surface area contributed by atoms with E-state index >= 15 is 0 Å². The molecular weight excluding hydrogens is 428 g/mol. The van der Waals surface area contributed by atoms with Crippen molar-refractivity contribution in [3.05, 3.63) is 89.5 Å². The normalized spacial score (nSPS) is 11.2. The smallest absolute Gasteiger partial charge is 0.245 e. The first-order valence-electron chi connectivity index (χ1n) is 9.83. The van der Waals surface area contributed by atoms with Crippen LogP contribution in [0.4, 0.5) is 11.4 Å². The SMILES string of the molecule is Cc1cc(C)cc(N(CC(=O)Nc2ccc(CSc3ccccc3)cc2)S(C)(=O)=O)c1. The van der Waals surface area contributed by atoms with Gasteiger partial charge < -0.3 is 5.32 Å². The van der Waals surface area contributed by atoms with Gasteiger partial charge in [-0.05, 0) is 66.9 Å². The minimum atomic E-state index is -3.61. The number of hydrogen-bond acceptors (Lipinski definition) is 4. The van der Waals surface area contributed by atoms with Gasteiger partial charge in [-0.15, -0.1) is 11.8 Å². The molecule has 0 heterocycles. The van der Waals surface area contributed by atoms with Crippen molar-refractivity contribution >= 4 is 39.1 Å². The Balaban J connectivity index is 1.64. The van der Waals surface area contributed by atoms with E-state index in [0.29, 0.717) is 11.4 Å². The third-order valence-electron chi connectivity index (χ3n) is 4.57. The molecule has 0 unspecified atom stereocenters. The average Bonchev–Trinajstić information content (AvgIpc) is 2.71. The maximum atomic E-state index is 12.6. The maximum absolute atomic E-state index is 12.6. The summed E-state index contributed by atoms with van der Waals surface area (Å²) in [6.45, 7) is 3.51. The van der Waals surface area contributed by atoms with E-state index in [1.165, 1.54) is 4.90 Å². The first kappa shape index (κ1) is 22.9. The van der Waals surface area contributed by atoms with E-state index in [0.717, 1.165) is 33.0 Å². The maximum Gasteiger partial charge on any atom is 0.245 e. The van der Waals surface area contributed by atoms with Crippen LogP contribution < -0.4 is 9.62 Å². The summed E-state index contributed by atoms with van der Waals surface area (Å²) in [5, 5.41) is 2.79. The quantitative estimate of drug-likeness (QED) is 0.487. The largest absolute Gasteiger partial charge is 0.325 e. The summed E-state index contributed by atoms with van der Waals surface area (Å²) in [7, 11) is -3.61. The summed E-state index contributed by atoms with van der Waals surface area (Å²) < 4.78 is 25.8. The monoisotopic (exact) mass is 454 g/mol. The van der Waals surface area contributed by atoms with Crippen molar-refractivity contribution in [1.82, 2.24) is 0 Å². The molecule has 0 radical (unpaired) electrons. The molecule has 3 rings (SSSR count). The van der Waals surface area contributed by atoms with Crippen LogP contribution in [0.2, 0.25) is 0 Å². The van der Waals surface area contributed by atoms with Gasteiger partial charge in [0.05, 0.1) is 11.9 Å². The number of rotatable bonds is 8. The van der Waals surface area contributed by atoms with E-state index in [2.05, 4.69) is 17.4 Å². The van der Waals surface area contributed by atoms with Gasteiger partial charge >= 0.3 is 0 Å². The highest BCUT2D eigenvalue weighted by Gasteiger charge is 2.21. The molecule has 0 aliphatic carbocycles. The van der Waals surface area contributed by atoms with Gasteiger partial charge in [-0.1, -0.05) is 36.4 Å². The van der Waals surface area contributed by atoms with E-state index in [4.69, 9.17) is 0 Å². The lowest BCUT2D eigenvalue weighted by molar-refractivity contribution is -0.114. The number of aryl methyl sites for hydroxylation is 2. The van der Waals surface area contributed by atoms with Gasteiger partial charge in [-0.2, -0.15) is 0 Å². The highest BCUT2D eigenvalue weighted by molar-refractivity contribution is 7.98. The Morgan fingerprint density at radius 1 is 0.935 bits per heavy atom. The molecule has 1 amide bonds. The third-order valence-corrected chi connectivity index (χ3v) is 6.79. The number of sulfonamides is 1. The molecule has 3 aromatic rings. The first-order chi connectivity index (χ1) is 14.7. The van der Waals surface area contributed by atoms with E-state index < -0.39 is 15.9 Å². The van der Waals surface area contributed by atoms with E-state index in [1.54, 1.807) is 23.9 Å². The molecule has 3 aromatic carbocycles. The van der Waals surface area contributed by atoms with Gasteiger partial charge in [-0.25, -0.2) is 8.42 Å². The lowest BCUT2D eigenvalue weighted by Crippen LogP contribution is -2.37. The van der Waals surface area contributed by atoms with Crippen LogP contribution in [0.15, 0.2) is 77.7 Å². The van der Waals surface area contributed by atoms with Crippen LogP contribution in [0.25, 0.3) is 0 Å². The summed E-state index contributed by atoms with van der Waals surface area (Å²) in [5.74, 6) is 0.434. The van der Waals surface area contributed by atoms with Crippen LogP contribution in [0.5, 0.6) is 0 Å². The standard InChI is InChI=1S/C24H26N2O3S2/c1-18-13-19(2)15-22(14-18)26(31(3,28)29)16-24(27)25-21-11-9-20(10-12-21)17-30-23-7-5-4-6-8-23/h4-15H,16-17H2,1-3H3,(H,25,27). The van der Waals surface area contributed by atoms with Gasteiger partial charge in [0.25, 0.3) is 0 Å². The fourth-order valence-corrected chi connectivity index (χ4v) is 4.91. The summed E-state index contributed by atoms with van der Waals surface area (Å²) >= 11 is 1.74. The second kappa shape index (κ2) is 10.0. The second-order valence-electron chi connectivity index (χ2n) is 7.46. The first-order valence-corrected chi connectivity index (χ1v) is 12.7. The predicted molar refractivity (Wildman–Crippen MR) is 129 cm³/mol. The Labute approximate surface area is 188 Å². The van der Waals surface area contributed by atoms with Crippen molar-refractivity contribution in [2.75, 3.05) is 22.4 Å². The lowest BCUT2D eigenvalue weighted by Gasteiger charge is -2.23. The number of anilines is 2. The molecule has 0 bridgehead atoms. The molecule has 0 saturated carbocycles. The lowest BCUT2D eigenvalue weighted by atomic mass is 10.1. The summed E-state index contributed by atoms with van der Waals surface area (Å²) in [6.07, 6.45) is 1.11. The zero-order chi connectivity index (χ0) is 22.4. The summed E-state index contributed by atoms with van der Waals surface area (Å²) in [4.78, 5) is 13.8. The summed E-state index contributed by atoms with van der Waals surface area (Å²) in [6, 6.07) is 23.2. The van der Waals surface area contributed by atoms with Crippen molar-refractivity contribution in [3.63, 3.8) is 0 Å². The minimum absolute atomic E-state index is 0.284. The topological polar surface area (TPSA) is 66.5 Å². The third kappa shape index (κ3) is 6.87. The summed E-state index contributed by atoms with van der Waals surface area (Å²) in [5.41, 5.74) is 4.14. The number of carbonyl (C=O) groups is 1. The van der Waals surface area contributed by atoms with Crippen LogP contribution in [-0.2, 0) is 20.6 Å². The molecule has 162 valence electrons. The number of hydrogen-bond donors (Lipinski definition) is 1. The zero-order valence-electron chi connectivity index (χ0n) is 17.8. The molecule has 31 heavy (non-hydrogen) atoms. The van der Waals surface area contributed by atoms with Crippen molar-refractivity contribution in [2.45, 2.75) is 24.5 Å². The molecule has 7 heteroatoms. The van der Waals surface area contributed by atoms with Crippen molar-refractivity contribution in [1.29, 1.82) is 0 Å². The second-order valence-corrected chi connectivity index (χ2v) is 10.4. The van der Waals surface area contributed by atoms with Crippen LogP contribution in [-0.4, -0.2) is 27.1 Å². The average molecular weight is 455 g/mol. The Kier molecular flexibility index (Phi) is 7.41. The molecule has 0 aliphatic heterocycles. The molecule has 0 atom stereocenters. The number of thioether (sulfide) groups is 1. The van der Waals surface area contributed by atoms with Gasteiger partial charge in [0, 0.05) is 16.3 Å². The number of nitrogens with zero attached hydrogens (tertiary/aromatic N) is 1. The Morgan fingerprint density at radius 2 is 1.55 bits per heavy atom. The van der Waals surface area contributed by atoms with E-state index in [-0.39, 0.29) is 6.54 Å². The number of nitrogens with one attached hydrogen (secondary N) is 1. The molecule has 1 N–H and O–H groups in total. The van der Waals surface area contributed by atoms with Gasteiger partial charge in [0.2, 0.25) is 15.9 Å². The van der Waals surface area contributed by atoms with Crippen molar-refractivity contribution < 1.29 is 13.2 Å². The predicted octanol–water partition coefficient (Wildman–Crippen LogP) is 5.00. The Hall–Kier alpha value is -2.77. The van der Waals surface area contributed by atoms with Gasteiger partial charge in [0.15, 0.2) is 0 Å². The molecular formula is C24H26N2O3S2. The molecule has 0 aromatic heterocycles. The van der Waals surface area contributed by atoms with Gasteiger partial charge in [-0.3, -0.25) is 9.10 Å². The fourth-order valence-electron chi connectivity index (χ4n) is 3.19. The zero-order valence-corrected chi connectivity index (χ0v) is 19.5. The van der Waals surface area contributed by atoms with Crippen LogP contribution in [0.3, 0.4) is 0 Å². The Bertz CT molecular complexity index is 1120. The molecule has 5 nitrogen and oxygen atoms in total. The van der Waals surface area contributed by atoms with Crippen LogP contribution in [0, 0.1) is 13.8 Å². The van der Waals surface area contributed by atoms with E-state index in [1.807, 2.05) is 62.4 Å². The van der Waals surface area contributed by atoms with Crippen LogP contribution in [0.1, 0.15) is 16.7 Å². The molecule has 0 spiro atoms. The molecule has 0 saturated heterocycles. The number of benzene rings is 3. The van der Waals surface area contributed by atoms with E-state index in [9.17, 15) is 13.2 Å². The van der Waals surface area contributed by atoms with Gasteiger partial charge in [0.1, 0.15) is 6.54 Å². The van der Waals surface area contributed by atoms with Crippen molar-refractivity contribution in [3.8, 4) is 0 Å². The Morgan fingerprint density at radius 3 is 2.13 bits per heavy atom. The highest BCUT2D eigenvalue weighted by atomic mass is 32.2. The minimum Gasteiger partial charge on any atom is -0.325 e. The van der Waals surface area contributed by atoms with Crippen molar-refractivity contribution in [2.24, 2.45) is 0 Å².